The maximum Gasteiger partial charge on any atom is 0.366 e. The normalized spacial score (nSPS) is 10.9. The Balaban J connectivity index is 2.74. The van der Waals surface area contributed by atoms with Gasteiger partial charge in [-0.3, -0.25) is 0 Å². The van der Waals surface area contributed by atoms with Gasteiger partial charge in [-0.15, -0.1) is 0 Å². The first-order valence-electron chi connectivity index (χ1n) is 3.99. The Kier molecular flexibility index (Phi) is 4.02. The number of halogens is 3. The Hall–Kier alpha value is -0.970. The van der Waals surface area contributed by atoms with Crippen LogP contribution in [0.4, 0.5) is 5.69 Å². The van der Waals surface area contributed by atoms with Crippen LogP contribution in [0.5, 0.6) is 0 Å². The van der Waals surface area contributed by atoms with Gasteiger partial charge in [-0.1, -0.05) is 34.8 Å². The molecule has 1 aromatic rings. The quantitative estimate of drug-likeness (QED) is 0.371. The molecule has 7 heteroatoms. The van der Waals surface area contributed by atoms with Gasteiger partial charge in [0.2, 0.25) is 0 Å². The maximum atomic E-state index is 11.4. The topological polar surface area (TPSA) is 69.4 Å². The van der Waals surface area contributed by atoms with E-state index < -0.39 is 15.7 Å². The third-order valence-electron chi connectivity index (χ3n) is 1.56. The Morgan fingerprint density at radius 3 is 2.06 bits per heavy atom. The molecule has 0 heterocycles. The Bertz CT molecular complexity index is 411. The van der Waals surface area contributed by atoms with E-state index in [2.05, 4.69) is 4.74 Å². The lowest BCUT2D eigenvalue weighted by Gasteiger charge is -2.08. The molecule has 0 aliphatic carbocycles. The molecule has 0 aliphatic rings. The van der Waals surface area contributed by atoms with Crippen molar-refractivity contribution in [2.45, 2.75) is 3.79 Å². The summed E-state index contributed by atoms with van der Waals surface area (Å²) in [6.07, 6.45) is 0. The summed E-state index contributed by atoms with van der Waals surface area (Å²) in [5, 5.41) is 0. The third-order valence-corrected chi connectivity index (χ3v) is 2.03. The molecule has 16 heavy (non-hydrogen) atoms. The minimum atomic E-state index is -2.27. The lowest BCUT2D eigenvalue weighted by molar-refractivity contribution is -0.136. The molecular weight excluding hydrogens is 276 g/mol. The van der Waals surface area contributed by atoms with E-state index in [0.29, 0.717) is 5.69 Å². The number of nitrogens with two attached hydrogens (primary N) is 1. The van der Waals surface area contributed by atoms with Crippen molar-refractivity contribution < 1.29 is 14.3 Å². The highest BCUT2D eigenvalue weighted by Crippen LogP contribution is 2.27. The number of hydrogen-bond donors (Lipinski definition) is 1. The average Bonchev–Trinajstić information content (AvgIpc) is 2.17. The van der Waals surface area contributed by atoms with E-state index in [-0.39, 0.29) is 5.56 Å². The van der Waals surface area contributed by atoms with Crippen molar-refractivity contribution in [2.75, 3.05) is 5.73 Å². The number of benzene rings is 1. The van der Waals surface area contributed by atoms with Gasteiger partial charge in [0.05, 0.1) is 5.56 Å². The van der Waals surface area contributed by atoms with Crippen molar-refractivity contribution in [3.8, 4) is 0 Å². The molecule has 86 valence electrons. The van der Waals surface area contributed by atoms with Gasteiger partial charge in [-0.05, 0) is 24.3 Å². The molecule has 4 nitrogen and oxygen atoms in total. The minimum absolute atomic E-state index is 0.136. The van der Waals surface area contributed by atoms with Crippen LogP contribution in [-0.4, -0.2) is 15.7 Å². The highest BCUT2D eigenvalue weighted by molar-refractivity contribution is 6.75. The van der Waals surface area contributed by atoms with E-state index in [0.717, 1.165) is 0 Å². The zero-order chi connectivity index (χ0) is 12.3. The molecule has 2 N–H and O–H groups in total. The summed E-state index contributed by atoms with van der Waals surface area (Å²) in [7, 11) is 0. The van der Waals surface area contributed by atoms with Crippen LogP contribution in [0, 0.1) is 0 Å². The van der Waals surface area contributed by atoms with Crippen molar-refractivity contribution in [3.63, 3.8) is 0 Å². The van der Waals surface area contributed by atoms with E-state index in [9.17, 15) is 9.59 Å². The summed E-state index contributed by atoms with van der Waals surface area (Å²) in [5.41, 5.74) is 6.03. The van der Waals surface area contributed by atoms with Crippen LogP contribution in [-0.2, 0) is 9.53 Å². The molecule has 0 radical (unpaired) electrons. The van der Waals surface area contributed by atoms with Gasteiger partial charge in [-0.25, -0.2) is 9.59 Å². The second kappa shape index (κ2) is 4.91. The predicted octanol–water partition coefficient (Wildman–Crippen LogP) is 2.32. The number of rotatable bonds is 1. The van der Waals surface area contributed by atoms with Crippen LogP contribution in [0.1, 0.15) is 10.4 Å². The van der Waals surface area contributed by atoms with Crippen LogP contribution in [0.2, 0.25) is 0 Å². The van der Waals surface area contributed by atoms with Gasteiger partial charge < -0.3 is 10.5 Å². The van der Waals surface area contributed by atoms with Crippen LogP contribution in [0.15, 0.2) is 24.3 Å². The number of carbonyl (C=O) groups is 2. The summed E-state index contributed by atoms with van der Waals surface area (Å²) in [6.45, 7) is 0. The van der Waals surface area contributed by atoms with Crippen molar-refractivity contribution in [1.29, 1.82) is 0 Å². The van der Waals surface area contributed by atoms with E-state index >= 15 is 0 Å². The number of nitrogen functional groups attached to an aromatic ring is 1. The van der Waals surface area contributed by atoms with Gasteiger partial charge in [0, 0.05) is 5.69 Å². The molecule has 0 saturated carbocycles. The Morgan fingerprint density at radius 2 is 1.62 bits per heavy atom. The second-order valence-corrected chi connectivity index (χ2v) is 5.08. The van der Waals surface area contributed by atoms with Crippen LogP contribution in [0.3, 0.4) is 0 Å². The Morgan fingerprint density at radius 1 is 1.12 bits per heavy atom. The number of esters is 2. The fourth-order valence-corrected chi connectivity index (χ4v) is 0.936. The molecule has 0 atom stereocenters. The minimum Gasteiger partial charge on any atom is -0.399 e. The third kappa shape index (κ3) is 3.56. The van der Waals surface area contributed by atoms with Crippen molar-refractivity contribution in [3.05, 3.63) is 29.8 Å². The maximum absolute atomic E-state index is 11.4. The van der Waals surface area contributed by atoms with Crippen LogP contribution >= 0.6 is 34.8 Å². The summed E-state index contributed by atoms with van der Waals surface area (Å²) >= 11 is 15.7. The lowest BCUT2D eigenvalue weighted by Crippen LogP contribution is -2.25. The fourth-order valence-electron chi connectivity index (χ4n) is 0.820. The first kappa shape index (κ1) is 13.1. The molecule has 0 aliphatic heterocycles. The van der Waals surface area contributed by atoms with Crippen molar-refractivity contribution in [2.24, 2.45) is 0 Å². The SMILES string of the molecule is Nc1ccc(C(=O)OC(=O)C(Cl)(Cl)Cl)cc1. The Labute approximate surface area is 106 Å². The summed E-state index contributed by atoms with van der Waals surface area (Å²) < 4.78 is 2.05. The molecule has 1 rings (SSSR count). The number of alkyl halides is 3. The highest BCUT2D eigenvalue weighted by atomic mass is 35.6. The number of hydrogen-bond acceptors (Lipinski definition) is 4. The second-order valence-electron chi connectivity index (χ2n) is 2.80. The van der Waals surface area contributed by atoms with Crippen molar-refractivity contribution in [1.82, 2.24) is 0 Å². The predicted molar refractivity (Wildman–Crippen MR) is 61.6 cm³/mol. The number of ether oxygens (including phenoxy) is 1. The van der Waals surface area contributed by atoms with Gasteiger partial charge >= 0.3 is 11.9 Å². The van der Waals surface area contributed by atoms with E-state index in [1.807, 2.05) is 0 Å². The smallest absolute Gasteiger partial charge is 0.366 e. The van der Waals surface area contributed by atoms with Gasteiger partial charge in [0.15, 0.2) is 0 Å². The molecule has 0 fully saturated rings. The fraction of sp³-hybridized carbons (Fsp3) is 0.111. The highest BCUT2D eigenvalue weighted by Gasteiger charge is 2.34. The zero-order valence-electron chi connectivity index (χ0n) is 7.75. The number of anilines is 1. The van der Waals surface area contributed by atoms with Crippen LogP contribution in [0.25, 0.3) is 0 Å². The largest absolute Gasteiger partial charge is 0.399 e. The molecule has 0 unspecified atom stereocenters. The number of carbonyl (C=O) groups excluding carboxylic acids is 2. The van der Waals surface area contributed by atoms with Gasteiger partial charge in [0.25, 0.3) is 3.79 Å². The average molecular weight is 283 g/mol. The monoisotopic (exact) mass is 281 g/mol. The van der Waals surface area contributed by atoms with E-state index in [1.54, 1.807) is 0 Å². The molecule has 0 amide bonds. The van der Waals surface area contributed by atoms with Gasteiger partial charge in [-0.2, -0.15) is 0 Å². The molecule has 0 bridgehead atoms. The standard InChI is InChI=1S/C9H6Cl3NO3/c10-9(11,12)8(15)16-7(14)5-1-3-6(13)4-2-5/h1-4H,13H2. The molecular formula is C9H6Cl3NO3. The van der Waals surface area contributed by atoms with E-state index in [1.165, 1.54) is 24.3 Å². The molecule has 1 aromatic carbocycles. The lowest BCUT2D eigenvalue weighted by atomic mass is 10.2. The summed E-state index contributed by atoms with van der Waals surface area (Å²) in [4.78, 5) is 22.4. The molecule has 0 saturated heterocycles. The molecule has 0 aromatic heterocycles. The summed E-state index contributed by atoms with van der Waals surface area (Å²) in [5.74, 6) is -2.16. The van der Waals surface area contributed by atoms with E-state index in [4.69, 9.17) is 40.5 Å². The molecule has 0 spiro atoms. The summed E-state index contributed by atoms with van der Waals surface area (Å²) in [6, 6.07) is 5.75. The first-order valence-corrected chi connectivity index (χ1v) is 5.13. The zero-order valence-corrected chi connectivity index (χ0v) is 10.0. The first-order chi connectivity index (χ1) is 7.30. The van der Waals surface area contributed by atoms with Gasteiger partial charge in [0.1, 0.15) is 0 Å². The van der Waals surface area contributed by atoms with Crippen LogP contribution < -0.4 is 5.73 Å². The van der Waals surface area contributed by atoms with Crippen molar-refractivity contribution >= 4 is 52.4 Å².